The molecular formula is C19H14F2N2O4. The van der Waals surface area contributed by atoms with Gasteiger partial charge in [0.2, 0.25) is 0 Å². The minimum absolute atomic E-state index is 0.0332. The van der Waals surface area contributed by atoms with Gasteiger partial charge in [-0.3, -0.25) is 10.1 Å². The van der Waals surface area contributed by atoms with E-state index in [9.17, 15) is 23.7 Å². The van der Waals surface area contributed by atoms with Crippen LogP contribution in [0, 0.1) is 21.7 Å². The van der Waals surface area contributed by atoms with Crippen LogP contribution >= 0.6 is 0 Å². The van der Waals surface area contributed by atoms with Crippen molar-refractivity contribution in [2.75, 3.05) is 0 Å². The van der Waals surface area contributed by atoms with Gasteiger partial charge in [0.25, 0.3) is 5.69 Å². The topological polar surface area (TPSA) is 85.2 Å². The Morgan fingerprint density at radius 2 is 1.81 bits per heavy atom. The molecule has 8 heteroatoms. The van der Waals surface area contributed by atoms with Gasteiger partial charge in [0, 0.05) is 30.0 Å². The molecule has 3 rings (SSSR count). The van der Waals surface area contributed by atoms with Crippen molar-refractivity contribution in [3.8, 4) is 17.0 Å². The van der Waals surface area contributed by atoms with Crippen LogP contribution in [0.25, 0.3) is 11.3 Å². The first-order valence-corrected chi connectivity index (χ1v) is 8.03. The molecule has 2 aromatic carbocycles. The molecule has 6 nitrogen and oxygen atoms in total. The van der Waals surface area contributed by atoms with Crippen molar-refractivity contribution in [3.63, 3.8) is 0 Å². The fourth-order valence-electron chi connectivity index (χ4n) is 2.67. The summed E-state index contributed by atoms with van der Waals surface area (Å²) in [6, 6.07) is 9.84. The Labute approximate surface area is 152 Å². The number of carbonyl (C=O) groups is 1. The maximum atomic E-state index is 13.3. The van der Waals surface area contributed by atoms with Gasteiger partial charge in [0.1, 0.15) is 17.4 Å². The van der Waals surface area contributed by atoms with Gasteiger partial charge >= 0.3 is 5.97 Å². The van der Waals surface area contributed by atoms with Crippen molar-refractivity contribution in [3.05, 3.63) is 81.5 Å². The quantitative estimate of drug-likeness (QED) is 0.306. The van der Waals surface area contributed by atoms with E-state index in [0.29, 0.717) is 18.2 Å². The van der Waals surface area contributed by atoms with E-state index in [1.165, 1.54) is 24.3 Å². The number of halogens is 2. The number of rotatable bonds is 5. The van der Waals surface area contributed by atoms with Crippen LogP contribution in [0.3, 0.4) is 0 Å². The summed E-state index contributed by atoms with van der Waals surface area (Å²) >= 11 is 0. The summed E-state index contributed by atoms with van der Waals surface area (Å²) in [7, 11) is 0. The Kier molecular flexibility index (Phi) is 4.98. The molecule has 0 atom stereocenters. The third-order valence-corrected chi connectivity index (χ3v) is 3.89. The third-order valence-electron chi connectivity index (χ3n) is 3.89. The molecule has 0 saturated heterocycles. The summed E-state index contributed by atoms with van der Waals surface area (Å²) in [5.74, 6) is -2.96. The SMILES string of the molecule is CCc1cc(C(=O)Oc2cc(F)cc(F)c2)c(-c2ccccc2[N+](=O)[O-])[nH]1. The number of nitro groups is 1. The zero-order valence-corrected chi connectivity index (χ0v) is 14.2. The number of aryl methyl sites for hydroxylation is 1. The number of H-pyrrole nitrogens is 1. The summed E-state index contributed by atoms with van der Waals surface area (Å²) in [6.45, 7) is 1.84. The average molecular weight is 372 g/mol. The lowest BCUT2D eigenvalue weighted by atomic mass is 10.1. The van der Waals surface area contributed by atoms with Crippen LogP contribution in [0.5, 0.6) is 5.75 Å². The van der Waals surface area contributed by atoms with E-state index in [1.54, 1.807) is 6.07 Å². The number of para-hydroxylation sites is 1. The van der Waals surface area contributed by atoms with Crippen LogP contribution in [-0.2, 0) is 6.42 Å². The van der Waals surface area contributed by atoms with Crippen LogP contribution in [0.15, 0.2) is 48.5 Å². The van der Waals surface area contributed by atoms with Gasteiger partial charge in [-0.05, 0) is 18.6 Å². The highest BCUT2D eigenvalue weighted by atomic mass is 19.1. The van der Waals surface area contributed by atoms with Gasteiger partial charge in [-0.15, -0.1) is 0 Å². The molecule has 0 unspecified atom stereocenters. The van der Waals surface area contributed by atoms with E-state index in [-0.39, 0.29) is 28.3 Å². The van der Waals surface area contributed by atoms with Crippen molar-refractivity contribution < 1.29 is 23.2 Å². The lowest BCUT2D eigenvalue weighted by Gasteiger charge is -2.07. The first-order chi connectivity index (χ1) is 12.9. The predicted molar refractivity (Wildman–Crippen MR) is 93.6 cm³/mol. The molecule has 0 saturated carbocycles. The molecule has 1 heterocycles. The number of benzene rings is 2. The van der Waals surface area contributed by atoms with E-state index >= 15 is 0 Å². The number of aromatic nitrogens is 1. The van der Waals surface area contributed by atoms with Crippen molar-refractivity contribution in [1.82, 2.24) is 4.98 Å². The summed E-state index contributed by atoms with van der Waals surface area (Å²) in [4.78, 5) is 26.3. The number of hydrogen-bond acceptors (Lipinski definition) is 4. The second-order valence-electron chi connectivity index (χ2n) is 5.71. The third kappa shape index (κ3) is 3.84. The normalized spacial score (nSPS) is 10.6. The highest BCUT2D eigenvalue weighted by molar-refractivity contribution is 5.99. The minimum Gasteiger partial charge on any atom is -0.423 e. The van der Waals surface area contributed by atoms with Crippen molar-refractivity contribution >= 4 is 11.7 Å². The van der Waals surface area contributed by atoms with E-state index < -0.39 is 22.5 Å². The smallest absolute Gasteiger partial charge is 0.345 e. The Balaban J connectivity index is 2.05. The average Bonchev–Trinajstić information content (AvgIpc) is 3.05. The number of nitro benzene ring substituents is 1. The lowest BCUT2D eigenvalue weighted by molar-refractivity contribution is -0.384. The largest absolute Gasteiger partial charge is 0.423 e. The van der Waals surface area contributed by atoms with Crippen molar-refractivity contribution in [1.29, 1.82) is 0 Å². The molecule has 0 fully saturated rings. The molecular weight excluding hydrogens is 358 g/mol. The van der Waals surface area contributed by atoms with Gasteiger partial charge < -0.3 is 9.72 Å². The molecule has 3 aromatic rings. The number of aromatic amines is 1. The van der Waals surface area contributed by atoms with Gasteiger partial charge in [0.15, 0.2) is 0 Å². The first-order valence-electron chi connectivity index (χ1n) is 8.03. The van der Waals surface area contributed by atoms with Crippen LogP contribution in [0.2, 0.25) is 0 Å². The molecule has 0 amide bonds. The molecule has 0 aliphatic carbocycles. The number of esters is 1. The standard InChI is InChI=1S/C19H14F2N2O4/c1-2-13-10-16(19(24)27-14-8-11(20)7-12(21)9-14)18(22-13)15-5-3-4-6-17(15)23(25)26/h3-10,22H,2H2,1H3. The second-order valence-corrected chi connectivity index (χ2v) is 5.71. The van der Waals surface area contributed by atoms with E-state index in [4.69, 9.17) is 4.74 Å². The molecule has 0 aliphatic rings. The van der Waals surface area contributed by atoms with Crippen molar-refractivity contribution in [2.45, 2.75) is 13.3 Å². The zero-order chi connectivity index (χ0) is 19.6. The zero-order valence-electron chi connectivity index (χ0n) is 14.2. The Morgan fingerprint density at radius 3 is 2.44 bits per heavy atom. The van der Waals surface area contributed by atoms with Gasteiger partial charge in [-0.25, -0.2) is 13.6 Å². The van der Waals surface area contributed by atoms with Crippen LogP contribution in [0.4, 0.5) is 14.5 Å². The van der Waals surface area contributed by atoms with Crippen LogP contribution < -0.4 is 4.74 Å². The molecule has 1 aromatic heterocycles. The summed E-state index contributed by atoms with van der Waals surface area (Å²) in [5, 5.41) is 11.3. The van der Waals surface area contributed by atoms with E-state index in [0.717, 1.165) is 12.1 Å². The number of carbonyl (C=O) groups excluding carboxylic acids is 1. The minimum atomic E-state index is -0.889. The Hall–Kier alpha value is -3.55. The Morgan fingerprint density at radius 1 is 1.15 bits per heavy atom. The molecule has 0 spiro atoms. The maximum Gasteiger partial charge on any atom is 0.345 e. The van der Waals surface area contributed by atoms with Gasteiger partial charge in [-0.2, -0.15) is 0 Å². The molecule has 1 N–H and O–H groups in total. The molecule has 138 valence electrons. The number of ether oxygens (including phenoxy) is 1. The van der Waals surface area contributed by atoms with E-state index in [2.05, 4.69) is 4.98 Å². The van der Waals surface area contributed by atoms with E-state index in [1.807, 2.05) is 6.92 Å². The monoisotopic (exact) mass is 372 g/mol. The number of hydrogen-bond donors (Lipinski definition) is 1. The van der Waals surface area contributed by atoms with Crippen LogP contribution in [0.1, 0.15) is 23.0 Å². The van der Waals surface area contributed by atoms with Crippen molar-refractivity contribution in [2.24, 2.45) is 0 Å². The summed E-state index contributed by atoms with van der Waals surface area (Å²) in [5.41, 5.74) is 0.916. The molecule has 27 heavy (non-hydrogen) atoms. The highest BCUT2D eigenvalue weighted by Gasteiger charge is 2.24. The molecule has 0 bridgehead atoms. The first kappa shape index (κ1) is 18.2. The lowest BCUT2D eigenvalue weighted by Crippen LogP contribution is -2.09. The summed E-state index contributed by atoms with van der Waals surface area (Å²) in [6.07, 6.45) is 0.537. The fourth-order valence-corrected chi connectivity index (χ4v) is 2.67. The van der Waals surface area contributed by atoms with Gasteiger partial charge in [-0.1, -0.05) is 19.1 Å². The second kappa shape index (κ2) is 7.36. The van der Waals surface area contributed by atoms with Crippen LogP contribution in [-0.4, -0.2) is 15.9 Å². The molecule has 0 radical (unpaired) electrons. The maximum absolute atomic E-state index is 13.3. The highest BCUT2D eigenvalue weighted by Crippen LogP contribution is 2.32. The summed E-state index contributed by atoms with van der Waals surface area (Å²) < 4.78 is 31.7. The predicted octanol–water partition coefficient (Wildman–Crippen LogP) is 4.65. The van der Waals surface area contributed by atoms with Gasteiger partial charge in [0.05, 0.1) is 21.7 Å². The Bertz CT molecular complexity index is 1010. The number of nitrogens with one attached hydrogen (secondary N) is 1. The molecule has 0 aliphatic heterocycles. The fraction of sp³-hybridized carbons (Fsp3) is 0.105. The number of nitrogens with zero attached hydrogens (tertiary/aromatic N) is 1.